The number of carbonyl (C=O) groups excluding carboxylic acids is 1. The lowest BCUT2D eigenvalue weighted by Crippen LogP contribution is -2.55. The predicted octanol–water partition coefficient (Wildman–Crippen LogP) is 3.78. The Bertz CT molecular complexity index is 1210. The maximum atomic E-state index is 13.6. The second kappa shape index (κ2) is 8.46. The molecule has 182 valence electrons. The molecule has 2 aliphatic heterocycles. The molecule has 0 radical (unpaired) electrons. The van der Waals surface area contributed by atoms with Crippen LogP contribution in [0.1, 0.15) is 30.5 Å². The fourth-order valence-corrected chi connectivity index (χ4v) is 5.43. The van der Waals surface area contributed by atoms with Crippen molar-refractivity contribution in [2.45, 2.75) is 31.0 Å². The Balaban J connectivity index is 1.48. The highest BCUT2D eigenvalue weighted by molar-refractivity contribution is 7.81. The highest BCUT2D eigenvalue weighted by Crippen LogP contribution is 2.48. The quantitative estimate of drug-likeness (QED) is 0.595. The standard InChI is InChI=1S/C24H23F3N6OS/c1-30-9-11-31(12-10-30)16-3-5-17(6-4-16)33-22(35)32(21(34)23(33)7-2-8-23)18-13-19(24(25,26)27)20(14-28)29-15-18/h3-6,13,15H,2,7-12H2,1H3. The number of benzene rings is 1. The molecule has 1 aromatic carbocycles. The van der Waals surface area contributed by atoms with Gasteiger partial charge in [-0.25, -0.2) is 4.98 Å². The molecule has 1 amide bonds. The highest BCUT2D eigenvalue weighted by atomic mass is 32.1. The molecule has 3 fully saturated rings. The molecule has 2 aromatic rings. The number of thiocarbonyl (C=S) groups is 1. The van der Waals surface area contributed by atoms with E-state index < -0.39 is 23.0 Å². The third-order valence-electron chi connectivity index (χ3n) is 7.11. The summed E-state index contributed by atoms with van der Waals surface area (Å²) in [6.07, 6.45) is -1.76. The summed E-state index contributed by atoms with van der Waals surface area (Å²) in [5.41, 5.74) is -1.14. The molecule has 7 nitrogen and oxygen atoms in total. The van der Waals surface area contributed by atoms with E-state index in [1.807, 2.05) is 24.3 Å². The van der Waals surface area contributed by atoms with Crippen LogP contribution in [-0.4, -0.2) is 59.7 Å². The molecule has 3 aliphatic rings. The molecular formula is C24H23F3N6OS. The van der Waals surface area contributed by atoms with E-state index in [0.29, 0.717) is 12.8 Å². The molecule has 0 N–H and O–H groups in total. The first-order valence-electron chi connectivity index (χ1n) is 11.4. The zero-order valence-corrected chi connectivity index (χ0v) is 19.9. The summed E-state index contributed by atoms with van der Waals surface area (Å²) in [5, 5.41) is 9.17. The van der Waals surface area contributed by atoms with E-state index in [-0.39, 0.29) is 16.7 Å². The van der Waals surface area contributed by atoms with Gasteiger partial charge in [-0.15, -0.1) is 0 Å². The van der Waals surface area contributed by atoms with Crippen molar-refractivity contribution >= 4 is 40.3 Å². The molecule has 0 atom stereocenters. The smallest absolute Gasteiger partial charge is 0.369 e. The Hall–Kier alpha value is -3.23. The number of nitriles is 1. The first kappa shape index (κ1) is 23.5. The summed E-state index contributed by atoms with van der Waals surface area (Å²) < 4.78 is 40.6. The van der Waals surface area contributed by atoms with Gasteiger partial charge in [0.15, 0.2) is 10.8 Å². The molecule has 11 heteroatoms. The minimum atomic E-state index is -4.79. The molecule has 0 unspecified atom stereocenters. The monoisotopic (exact) mass is 500 g/mol. The van der Waals surface area contributed by atoms with Gasteiger partial charge in [0.1, 0.15) is 11.6 Å². The van der Waals surface area contributed by atoms with Gasteiger partial charge in [0.05, 0.1) is 17.4 Å². The largest absolute Gasteiger partial charge is 0.419 e. The number of hydrogen-bond acceptors (Lipinski definition) is 6. The Morgan fingerprint density at radius 2 is 1.69 bits per heavy atom. The fraction of sp³-hybridized carbons (Fsp3) is 0.417. The predicted molar refractivity (Wildman–Crippen MR) is 129 cm³/mol. The number of rotatable bonds is 3. The number of anilines is 3. The summed E-state index contributed by atoms with van der Waals surface area (Å²) in [7, 11) is 2.09. The molecular weight excluding hydrogens is 477 g/mol. The molecule has 2 saturated heterocycles. The number of aromatic nitrogens is 1. The number of pyridine rings is 1. The van der Waals surface area contributed by atoms with Gasteiger partial charge < -0.3 is 14.7 Å². The van der Waals surface area contributed by atoms with E-state index in [1.54, 1.807) is 4.90 Å². The van der Waals surface area contributed by atoms with E-state index >= 15 is 0 Å². The van der Waals surface area contributed by atoms with Crippen molar-refractivity contribution in [3.8, 4) is 6.07 Å². The van der Waals surface area contributed by atoms with Crippen LogP contribution in [0.25, 0.3) is 0 Å². The van der Waals surface area contributed by atoms with E-state index in [4.69, 9.17) is 17.5 Å². The number of piperazine rings is 1. The van der Waals surface area contributed by atoms with Crippen molar-refractivity contribution in [3.05, 3.63) is 47.8 Å². The van der Waals surface area contributed by atoms with Crippen LogP contribution in [0.2, 0.25) is 0 Å². The molecule has 35 heavy (non-hydrogen) atoms. The maximum absolute atomic E-state index is 13.6. The number of carbonyl (C=O) groups is 1. The topological polar surface area (TPSA) is 66.7 Å². The van der Waals surface area contributed by atoms with E-state index in [2.05, 4.69) is 21.8 Å². The summed E-state index contributed by atoms with van der Waals surface area (Å²) in [4.78, 5) is 24.7. The molecule has 1 aromatic heterocycles. The Morgan fingerprint density at radius 1 is 1.06 bits per heavy atom. The third kappa shape index (κ3) is 3.81. The Labute approximate surface area is 206 Å². The van der Waals surface area contributed by atoms with Gasteiger partial charge >= 0.3 is 6.18 Å². The number of likely N-dealkylation sites (N-methyl/N-ethyl adjacent to an activating group) is 1. The second-order valence-electron chi connectivity index (χ2n) is 9.15. The number of hydrogen-bond donors (Lipinski definition) is 0. The van der Waals surface area contributed by atoms with Gasteiger partial charge in [-0.1, -0.05) is 0 Å². The fourth-order valence-electron chi connectivity index (χ4n) is 4.97. The summed E-state index contributed by atoms with van der Waals surface area (Å²) in [5.74, 6) is -0.364. The molecule has 1 saturated carbocycles. The van der Waals surface area contributed by atoms with Gasteiger partial charge in [0.25, 0.3) is 5.91 Å². The summed E-state index contributed by atoms with van der Waals surface area (Å²) in [6.45, 7) is 3.79. The highest BCUT2D eigenvalue weighted by Gasteiger charge is 2.59. The molecule has 1 spiro atoms. The van der Waals surface area contributed by atoms with E-state index in [1.165, 1.54) is 6.07 Å². The minimum absolute atomic E-state index is 0.0887. The van der Waals surface area contributed by atoms with Crippen LogP contribution in [0.15, 0.2) is 36.5 Å². The lowest BCUT2D eigenvalue weighted by Gasteiger charge is -2.43. The number of nitrogens with zero attached hydrogens (tertiary/aromatic N) is 6. The van der Waals surface area contributed by atoms with Gasteiger partial charge in [0.2, 0.25) is 0 Å². The van der Waals surface area contributed by atoms with Crippen molar-refractivity contribution < 1.29 is 18.0 Å². The van der Waals surface area contributed by atoms with E-state index in [9.17, 15) is 18.0 Å². The van der Waals surface area contributed by atoms with E-state index in [0.717, 1.165) is 61.1 Å². The lowest BCUT2D eigenvalue weighted by atomic mass is 9.75. The number of amides is 1. The average Bonchev–Trinajstić information content (AvgIpc) is 3.05. The first-order chi connectivity index (χ1) is 16.7. The van der Waals surface area contributed by atoms with Crippen molar-refractivity contribution in [1.29, 1.82) is 5.26 Å². The zero-order chi connectivity index (χ0) is 25.0. The van der Waals surface area contributed by atoms with Crippen molar-refractivity contribution in [3.63, 3.8) is 0 Å². The van der Waals surface area contributed by atoms with Crippen LogP contribution >= 0.6 is 12.2 Å². The first-order valence-corrected chi connectivity index (χ1v) is 11.8. The maximum Gasteiger partial charge on any atom is 0.419 e. The summed E-state index contributed by atoms with van der Waals surface area (Å²) >= 11 is 5.66. The number of alkyl halides is 3. The minimum Gasteiger partial charge on any atom is -0.369 e. The van der Waals surface area contributed by atoms with Crippen LogP contribution in [0, 0.1) is 11.3 Å². The van der Waals surface area contributed by atoms with Crippen molar-refractivity contribution in [1.82, 2.24) is 9.88 Å². The van der Waals surface area contributed by atoms with Crippen molar-refractivity contribution in [2.75, 3.05) is 47.9 Å². The Kier molecular flexibility index (Phi) is 5.68. The molecule has 5 rings (SSSR count). The normalized spacial score (nSPS) is 20.4. The van der Waals surface area contributed by atoms with Crippen LogP contribution in [0.5, 0.6) is 0 Å². The zero-order valence-electron chi connectivity index (χ0n) is 19.0. The molecule has 0 bridgehead atoms. The van der Waals surface area contributed by atoms with Crippen LogP contribution in [0.4, 0.5) is 30.2 Å². The summed E-state index contributed by atoms with van der Waals surface area (Å²) in [6, 6.07) is 10.1. The second-order valence-corrected chi connectivity index (χ2v) is 9.51. The Morgan fingerprint density at radius 3 is 2.23 bits per heavy atom. The van der Waals surface area contributed by atoms with Gasteiger partial charge in [0, 0.05) is 37.6 Å². The van der Waals surface area contributed by atoms with Crippen LogP contribution < -0.4 is 14.7 Å². The SMILES string of the molecule is CN1CCN(c2ccc(N3C(=S)N(c4cnc(C#N)c(C(F)(F)F)c4)C(=O)C34CCC4)cc2)CC1. The third-order valence-corrected chi connectivity index (χ3v) is 7.48. The lowest BCUT2D eigenvalue weighted by molar-refractivity contribution is -0.138. The van der Waals surface area contributed by atoms with Gasteiger partial charge in [-0.2, -0.15) is 18.4 Å². The van der Waals surface area contributed by atoms with Gasteiger partial charge in [-0.05, 0) is 68.9 Å². The molecule has 1 aliphatic carbocycles. The van der Waals surface area contributed by atoms with Crippen LogP contribution in [-0.2, 0) is 11.0 Å². The van der Waals surface area contributed by atoms with Crippen molar-refractivity contribution in [2.24, 2.45) is 0 Å². The molecule has 3 heterocycles. The average molecular weight is 501 g/mol. The van der Waals surface area contributed by atoms with Crippen LogP contribution in [0.3, 0.4) is 0 Å². The number of halogens is 3. The van der Waals surface area contributed by atoms with Gasteiger partial charge in [-0.3, -0.25) is 9.69 Å².